The first-order valence-corrected chi connectivity index (χ1v) is 10.3. The normalized spacial score (nSPS) is 19.9. The number of hydrogen-bond donors (Lipinski definition) is 1. The van der Waals surface area contributed by atoms with Gasteiger partial charge >= 0.3 is 0 Å². The molecule has 1 aromatic carbocycles. The minimum atomic E-state index is -0.0591. The van der Waals surface area contributed by atoms with Crippen LogP contribution in [-0.4, -0.2) is 24.0 Å². The fourth-order valence-corrected chi connectivity index (χ4v) is 4.21. The summed E-state index contributed by atoms with van der Waals surface area (Å²) in [6.07, 6.45) is 6.08. The molecule has 3 rings (SSSR count). The van der Waals surface area contributed by atoms with Crippen molar-refractivity contribution in [1.82, 2.24) is 10.3 Å². The lowest BCUT2D eigenvalue weighted by atomic mass is 9.71. The van der Waals surface area contributed by atoms with Crippen LogP contribution in [0.2, 0.25) is 5.02 Å². The van der Waals surface area contributed by atoms with Gasteiger partial charge in [-0.3, -0.25) is 9.78 Å². The molecule has 0 aliphatic heterocycles. The fourth-order valence-electron chi connectivity index (χ4n) is 3.98. The monoisotopic (exact) mass is 400 g/mol. The highest BCUT2D eigenvalue weighted by molar-refractivity contribution is 6.33. The van der Waals surface area contributed by atoms with Gasteiger partial charge in [-0.1, -0.05) is 32.4 Å². The number of hydrogen-bond acceptors (Lipinski definition) is 3. The zero-order valence-corrected chi connectivity index (χ0v) is 17.8. The molecule has 150 valence electrons. The number of pyridine rings is 1. The summed E-state index contributed by atoms with van der Waals surface area (Å²) in [4.78, 5) is 17.1. The molecule has 2 aromatic rings. The van der Waals surface area contributed by atoms with E-state index in [1.165, 1.54) is 0 Å². The van der Waals surface area contributed by atoms with Gasteiger partial charge in [0.25, 0.3) is 5.91 Å². The van der Waals surface area contributed by atoms with Gasteiger partial charge in [-0.2, -0.15) is 0 Å². The standard InChI is InChI=1S/C23H29ClN2O2/c1-23(2,3)16-8-10-17(11-9-16)26-22(27)15-7-12-18(20(14-15)28-4)21-19(24)6-5-13-25-21/h5-7,12-14,16-17H,8-11H2,1-4H3,(H,26,27). The number of aromatic nitrogens is 1. The van der Waals surface area contributed by atoms with Gasteiger partial charge in [0.1, 0.15) is 5.75 Å². The van der Waals surface area contributed by atoms with Crippen LogP contribution in [0, 0.1) is 11.3 Å². The van der Waals surface area contributed by atoms with Crippen molar-refractivity contribution in [3.05, 3.63) is 47.1 Å². The predicted molar refractivity (Wildman–Crippen MR) is 114 cm³/mol. The largest absolute Gasteiger partial charge is 0.496 e. The Labute approximate surface area is 172 Å². The second-order valence-electron chi connectivity index (χ2n) is 8.64. The van der Waals surface area contributed by atoms with Crippen molar-refractivity contribution in [3.8, 4) is 17.0 Å². The van der Waals surface area contributed by atoms with Gasteiger partial charge in [-0.05, 0) is 67.3 Å². The Morgan fingerprint density at radius 3 is 2.50 bits per heavy atom. The number of benzene rings is 1. The lowest BCUT2D eigenvalue weighted by Crippen LogP contribution is -2.39. The molecule has 1 fully saturated rings. The summed E-state index contributed by atoms with van der Waals surface area (Å²) in [7, 11) is 1.59. The first-order valence-electron chi connectivity index (χ1n) is 9.89. The number of carbonyl (C=O) groups excluding carboxylic acids is 1. The lowest BCUT2D eigenvalue weighted by Gasteiger charge is -2.37. The maximum atomic E-state index is 12.8. The summed E-state index contributed by atoms with van der Waals surface area (Å²) in [6.45, 7) is 6.91. The molecule has 0 bridgehead atoms. The number of carbonyl (C=O) groups is 1. The molecule has 1 amide bonds. The van der Waals surface area contributed by atoms with E-state index in [-0.39, 0.29) is 11.9 Å². The van der Waals surface area contributed by atoms with Gasteiger partial charge in [-0.25, -0.2) is 0 Å². The van der Waals surface area contributed by atoms with E-state index in [4.69, 9.17) is 16.3 Å². The summed E-state index contributed by atoms with van der Waals surface area (Å²) in [5, 5.41) is 3.74. The maximum absolute atomic E-state index is 12.8. The van der Waals surface area contributed by atoms with Gasteiger partial charge in [0.05, 0.1) is 17.8 Å². The van der Waals surface area contributed by atoms with E-state index in [0.717, 1.165) is 37.2 Å². The third kappa shape index (κ3) is 4.67. The summed E-state index contributed by atoms with van der Waals surface area (Å²) in [5.41, 5.74) is 2.35. The number of nitrogens with one attached hydrogen (secondary N) is 1. The predicted octanol–water partition coefficient (Wildman–Crippen LogP) is 5.75. The van der Waals surface area contributed by atoms with E-state index in [2.05, 4.69) is 31.1 Å². The van der Waals surface area contributed by atoms with Crippen LogP contribution in [-0.2, 0) is 0 Å². The summed E-state index contributed by atoms with van der Waals surface area (Å²) in [6, 6.07) is 9.22. The number of ether oxygens (including phenoxy) is 1. The Bertz CT molecular complexity index is 837. The summed E-state index contributed by atoms with van der Waals surface area (Å²) in [5.74, 6) is 1.25. The average Bonchev–Trinajstić information content (AvgIpc) is 2.67. The summed E-state index contributed by atoms with van der Waals surface area (Å²) < 4.78 is 5.51. The van der Waals surface area contributed by atoms with Crippen LogP contribution in [0.4, 0.5) is 0 Å². The van der Waals surface area contributed by atoms with Crippen LogP contribution in [0.25, 0.3) is 11.3 Å². The molecule has 1 aliphatic carbocycles. The lowest BCUT2D eigenvalue weighted by molar-refractivity contribution is 0.0903. The van der Waals surface area contributed by atoms with Crippen LogP contribution in [0.5, 0.6) is 5.75 Å². The topological polar surface area (TPSA) is 51.2 Å². The second-order valence-corrected chi connectivity index (χ2v) is 9.04. The SMILES string of the molecule is COc1cc(C(=O)NC2CCC(C(C)(C)C)CC2)ccc1-c1ncccc1Cl. The molecule has 1 aliphatic rings. The smallest absolute Gasteiger partial charge is 0.251 e. The first-order chi connectivity index (χ1) is 13.3. The Hall–Kier alpha value is -2.07. The van der Waals surface area contributed by atoms with Crippen LogP contribution in [0.15, 0.2) is 36.5 Å². The van der Waals surface area contributed by atoms with E-state index in [1.54, 1.807) is 37.6 Å². The van der Waals surface area contributed by atoms with Gasteiger partial charge < -0.3 is 10.1 Å². The highest BCUT2D eigenvalue weighted by Gasteiger charge is 2.30. The molecule has 1 aromatic heterocycles. The zero-order chi connectivity index (χ0) is 20.3. The molecular formula is C23H29ClN2O2. The molecule has 1 heterocycles. The van der Waals surface area contributed by atoms with Crippen molar-refractivity contribution in [3.63, 3.8) is 0 Å². The maximum Gasteiger partial charge on any atom is 0.251 e. The molecule has 0 saturated heterocycles. The van der Waals surface area contributed by atoms with Crippen molar-refractivity contribution in [2.75, 3.05) is 7.11 Å². The van der Waals surface area contributed by atoms with E-state index in [0.29, 0.717) is 27.4 Å². The van der Waals surface area contributed by atoms with Crippen molar-refractivity contribution in [1.29, 1.82) is 0 Å². The van der Waals surface area contributed by atoms with Gasteiger partial charge in [0.2, 0.25) is 0 Å². The molecule has 5 heteroatoms. The number of nitrogens with zero attached hydrogens (tertiary/aromatic N) is 1. The van der Waals surface area contributed by atoms with E-state index in [1.807, 2.05) is 6.07 Å². The Kier molecular flexibility index (Phi) is 6.29. The highest BCUT2D eigenvalue weighted by Crippen LogP contribution is 2.38. The minimum Gasteiger partial charge on any atom is -0.496 e. The summed E-state index contributed by atoms with van der Waals surface area (Å²) >= 11 is 6.27. The number of rotatable bonds is 4. The molecule has 0 unspecified atom stereocenters. The molecule has 0 spiro atoms. The van der Waals surface area contributed by atoms with Gasteiger partial charge in [-0.15, -0.1) is 0 Å². The molecule has 1 N–H and O–H groups in total. The Morgan fingerprint density at radius 1 is 1.18 bits per heavy atom. The number of halogens is 1. The molecule has 0 radical (unpaired) electrons. The molecule has 28 heavy (non-hydrogen) atoms. The number of methoxy groups -OCH3 is 1. The minimum absolute atomic E-state index is 0.0591. The zero-order valence-electron chi connectivity index (χ0n) is 17.1. The van der Waals surface area contributed by atoms with Crippen LogP contribution in [0.1, 0.15) is 56.8 Å². The molecular weight excluding hydrogens is 372 g/mol. The van der Waals surface area contributed by atoms with Gasteiger partial charge in [0, 0.05) is 23.4 Å². The van der Waals surface area contributed by atoms with Crippen molar-refractivity contribution in [2.45, 2.75) is 52.5 Å². The second kappa shape index (κ2) is 8.52. The third-order valence-corrected chi connectivity index (χ3v) is 6.07. The molecule has 0 atom stereocenters. The average molecular weight is 401 g/mol. The van der Waals surface area contributed by atoms with Crippen molar-refractivity contribution < 1.29 is 9.53 Å². The van der Waals surface area contributed by atoms with Crippen molar-refractivity contribution in [2.24, 2.45) is 11.3 Å². The van der Waals surface area contributed by atoms with Crippen molar-refractivity contribution >= 4 is 17.5 Å². The van der Waals surface area contributed by atoms with E-state index < -0.39 is 0 Å². The van der Waals surface area contributed by atoms with E-state index >= 15 is 0 Å². The number of amides is 1. The van der Waals surface area contributed by atoms with Crippen LogP contribution in [0.3, 0.4) is 0 Å². The first kappa shape index (κ1) is 20.7. The molecule has 4 nitrogen and oxygen atoms in total. The quantitative estimate of drug-likeness (QED) is 0.711. The highest BCUT2D eigenvalue weighted by atomic mass is 35.5. The Balaban J connectivity index is 1.71. The fraction of sp³-hybridized carbons (Fsp3) is 0.478. The third-order valence-electron chi connectivity index (χ3n) is 5.76. The van der Waals surface area contributed by atoms with E-state index in [9.17, 15) is 4.79 Å². The Morgan fingerprint density at radius 2 is 1.89 bits per heavy atom. The van der Waals surface area contributed by atoms with Gasteiger partial charge in [0.15, 0.2) is 0 Å². The molecule has 1 saturated carbocycles. The van der Waals surface area contributed by atoms with Crippen LogP contribution < -0.4 is 10.1 Å². The van der Waals surface area contributed by atoms with Crippen LogP contribution >= 0.6 is 11.6 Å².